The highest BCUT2D eigenvalue weighted by atomic mass is 16.5. The molecule has 1 aliphatic rings. The van der Waals surface area contributed by atoms with Crippen molar-refractivity contribution >= 4 is 23.1 Å². The van der Waals surface area contributed by atoms with Crippen LogP contribution >= 0.6 is 0 Å². The van der Waals surface area contributed by atoms with Crippen molar-refractivity contribution in [3.05, 3.63) is 88.4 Å². The number of hydrogen-bond donors (Lipinski definition) is 1. The van der Waals surface area contributed by atoms with Gasteiger partial charge >= 0.3 is 0 Å². The Morgan fingerprint density at radius 1 is 1.06 bits per heavy atom. The minimum absolute atomic E-state index is 0.0127. The van der Waals surface area contributed by atoms with Crippen molar-refractivity contribution in [2.45, 2.75) is 40.7 Å². The van der Waals surface area contributed by atoms with Crippen molar-refractivity contribution in [3.8, 4) is 5.75 Å². The van der Waals surface area contributed by atoms with Crippen LogP contribution in [0, 0.1) is 26.7 Å². The van der Waals surface area contributed by atoms with E-state index in [4.69, 9.17) is 9.15 Å². The molecule has 1 unspecified atom stereocenters. The number of anilines is 1. The first-order chi connectivity index (χ1) is 16.2. The number of aliphatic hydroxyl groups excluding tert-OH is 1. The summed E-state index contributed by atoms with van der Waals surface area (Å²) in [5, 5.41) is 11.3. The van der Waals surface area contributed by atoms with Gasteiger partial charge in [-0.25, -0.2) is 0 Å². The lowest BCUT2D eigenvalue weighted by Crippen LogP contribution is -2.30. The summed E-state index contributed by atoms with van der Waals surface area (Å²) in [5.41, 5.74) is 2.78. The summed E-state index contributed by atoms with van der Waals surface area (Å²) in [7, 11) is 0. The number of amides is 1. The van der Waals surface area contributed by atoms with Gasteiger partial charge in [0.1, 0.15) is 29.1 Å². The van der Waals surface area contributed by atoms with Gasteiger partial charge in [0.2, 0.25) is 0 Å². The number of furan rings is 1. The number of aryl methyl sites for hydroxylation is 3. The lowest BCUT2D eigenvalue weighted by atomic mass is 9.98. The van der Waals surface area contributed by atoms with Crippen molar-refractivity contribution in [3.63, 3.8) is 0 Å². The quantitative estimate of drug-likeness (QED) is 0.283. The van der Waals surface area contributed by atoms with Gasteiger partial charge in [-0.15, -0.1) is 0 Å². The second kappa shape index (κ2) is 9.21. The van der Waals surface area contributed by atoms with Crippen LogP contribution in [0.15, 0.2) is 64.6 Å². The van der Waals surface area contributed by atoms with Crippen molar-refractivity contribution < 1.29 is 23.8 Å². The van der Waals surface area contributed by atoms with Gasteiger partial charge in [-0.05, 0) is 68.1 Å². The van der Waals surface area contributed by atoms with E-state index in [1.54, 1.807) is 43.3 Å². The standard InChI is InChI=1S/C28H29NO5/c1-16(2)15-33-21-8-6-7-20(14-21)26(30)24-25(23-12-11-19(5)34-23)29(28(32)27(24)31)22-13-17(3)9-10-18(22)4/h6-14,16,25,30H,15H2,1-5H3/b26-24-. The van der Waals surface area contributed by atoms with Crippen LogP contribution < -0.4 is 9.64 Å². The predicted octanol–water partition coefficient (Wildman–Crippen LogP) is 5.87. The van der Waals surface area contributed by atoms with E-state index in [1.807, 2.05) is 45.9 Å². The monoisotopic (exact) mass is 459 g/mol. The van der Waals surface area contributed by atoms with Crippen LogP contribution in [0.3, 0.4) is 0 Å². The summed E-state index contributed by atoms with van der Waals surface area (Å²) < 4.78 is 11.7. The number of hydrogen-bond acceptors (Lipinski definition) is 5. The van der Waals surface area contributed by atoms with Gasteiger partial charge in [-0.3, -0.25) is 14.5 Å². The van der Waals surface area contributed by atoms with Gasteiger partial charge in [-0.1, -0.05) is 38.1 Å². The van der Waals surface area contributed by atoms with E-state index in [1.165, 1.54) is 4.90 Å². The molecule has 176 valence electrons. The number of carbonyl (C=O) groups is 2. The van der Waals surface area contributed by atoms with Crippen LogP contribution in [-0.2, 0) is 9.59 Å². The zero-order valence-corrected chi connectivity index (χ0v) is 20.1. The molecule has 0 saturated carbocycles. The Kier molecular flexibility index (Phi) is 6.33. The van der Waals surface area contributed by atoms with Gasteiger partial charge in [-0.2, -0.15) is 0 Å². The smallest absolute Gasteiger partial charge is 0.300 e. The zero-order valence-electron chi connectivity index (χ0n) is 20.1. The maximum atomic E-state index is 13.3. The molecule has 6 heteroatoms. The molecule has 0 radical (unpaired) electrons. The highest BCUT2D eigenvalue weighted by molar-refractivity contribution is 6.51. The van der Waals surface area contributed by atoms with Gasteiger partial charge in [0.05, 0.1) is 12.2 Å². The molecule has 1 amide bonds. The second-order valence-corrected chi connectivity index (χ2v) is 9.14. The predicted molar refractivity (Wildman–Crippen MR) is 131 cm³/mol. The highest BCUT2D eigenvalue weighted by Crippen LogP contribution is 2.44. The number of Topliss-reactive ketones (excluding diaryl/α,β-unsaturated/α-hetero) is 1. The number of rotatable bonds is 6. The molecule has 1 fully saturated rings. The van der Waals surface area contributed by atoms with Gasteiger partial charge in [0.25, 0.3) is 11.7 Å². The summed E-state index contributed by atoms with van der Waals surface area (Å²) in [6.07, 6.45) is 0. The third kappa shape index (κ3) is 4.36. The molecular formula is C28H29NO5. The number of aliphatic hydroxyl groups is 1. The van der Waals surface area contributed by atoms with Crippen molar-refractivity contribution in [2.24, 2.45) is 5.92 Å². The molecule has 0 spiro atoms. The van der Waals surface area contributed by atoms with Gasteiger partial charge in [0.15, 0.2) is 0 Å². The van der Waals surface area contributed by atoms with E-state index in [2.05, 4.69) is 0 Å². The molecular weight excluding hydrogens is 430 g/mol. The van der Waals surface area contributed by atoms with Crippen LogP contribution in [-0.4, -0.2) is 23.4 Å². The van der Waals surface area contributed by atoms with Crippen molar-refractivity contribution in [1.82, 2.24) is 0 Å². The van der Waals surface area contributed by atoms with E-state index in [9.17, 15) is 14.7 Å². The molecule has 1 saturated heterocycles. The summed E-state index contributed by atoms with van der Waals surface area (Å²) >= 11 is 0. The maximum Gasteiger partial charge on any atom is 0.300 e. The minimum atomic E-state index is -0.894. The Morgan fingerprint density at radius 2 is 1.82 bits per heavy atom. The molecule has 1 N–H and O–H groups in total. The molecule has 2 aromatic carbocycles. The zero-order chi connectivity index (χ0) is 24.6. The lowest BCUT2D eigenvalue weighted by molar-refractivity contribution is -0.132. The molecule has 34 heavy (non-hydrogen) atoms. The maximum absolute atomic E-state index is 13.3. The molecule has 6 nitrogen and oxygen atoms in total. The summed E-state index contributed by atoms with van der Waals surface area (Å²) in [4.78, 5) is 28.0. The fourth-order valence-corrected chi connectivity index (χ4v) is 4.08. The summed E-state index contributed by atoms with van der Waals surface area (Å²) in [6, 6.07) is 15.2. The molecule has 1 atom stereocenters. The third-order valence-electron chi connectivity index (χ3n) is 5.79. The van der Waals surface area contributed by atoms with Crippen LogP contribution in [0.4, 0.5) is 5.69 Å². The van der Waals surface area contributed by atoms with Gasteiger partial charge < -0.3 is 14.3 Å². The van der Waals surface area contributed by atoms with Crippen LogP contribution in [0.2, 0.25) is 0 Å². The molecule has 4 rings (SSSR count). The first kappa shape index (κ1) is 23.4. The summed E-state index contributed by atoms with van der Waals surface area (Å²) in [5.74, 6) is 0.235. The second-order valence-electron chi connectivity index (χ2n) is 9.14. The average Bonchev–Trinajstić information content (AvgIpc) is 3.34. The first-order valence-electron chi connectivity index (χ1n) is 11.3. The Morgan fingerprint density at radius 3 is 2.50 bits per heavy atom. The topological polar surface area (TPSA) is 80.0 Å². The van der Waals surface area contributed by atoms with E-state index in [-0.39, 0.29) is 11.3 Å². The van der Waals surface area contributed by atoms with E-state index in [0.29, 0.717) is 41.0 Å². The summed E-state index contributed by atoms with van der Waals surface area (Å²) in [6.45, 7) is 10.2. The molecule has 0 bridgehead atoms. The van der Waals surface area contributed by atoms with E-state index in [0.717, 1.165) is 11.1 Å². The van der Waals surface area contributed by atoms with Crippen LogP contribution in [0.1, 0.15) is 48.1 Å². The van der Waals surface area contributed by atoms with Crippen LogP contribution in [0.5, 0.6) is 5.75 Å². The van der Waals surface area contributed by atoms with Gasteiger partial charge in [0, 0.05) is 11.3 Å². The van der Waals surface area contributed by atoms with E-state index >= 15 is 0 Å². The molecule has 1 aromatic heterocycles. The number of ether oxygens (including phenoxy) is 1. The number of carbonyl (C=O) groups excluding carboxylic acids is 2. The Bertz CT molecular complexity index is 1280. The normalized spacial score (nSPS) is 17.6. The number of nitrogens with zero attached hydrogens (tertiary/aromatic N) is 1. The van der Waals surface area contributed by atoms with Crippen molar-refractivity contribution in [1.29, 1.82) is 0 Å². The largest absolute Gasteiger partial charge is 0.507 e. The minimum Gasteiger partial charge on any atom is -0.507 e. The average molecular weight is 460 g/mol. The fourth-order valence-electron chi connectivity index (χ4n) is 4.08. The molecule has 3 aromatic rings. The molecule has 2 heterocycles. The number of ketones is 1. The van der Waals surface area contributed by atoms with Crippen LogP contribution in [0.25, 0.3) is 5.76 Å². The van der Waals surface area contributed by atoms with E-state index < -0.39 is 17.7 Å². The Hall–Kier alpha value is -3.80. The van der Waals surface area contributed by atoms with Crippen molar-refractivity contribution in [2.75, 3.05) is 11.5 Å². The highest BCUT2D eigenvalue weighted by Gasteiger charge is 2.48. The number of benzene rings is 2. The third-order valence-corrected chi connectivity index (χ3v) is 5.79. The lowest BCUT2D eigenvalue weighted by Gasteiger charge is -2.25. The molecule has 0 aliphatic carbocycles. The molecule has 1 aliphatic heterocycles. The first-order valence-corrected chi connectivity index (χ1v) is 11.3. The Labute approximate surface area is 199 Å². The Balaban J connectivity index is 1.88. The fraction of sp³-hybridized carbons (Fsp3) is 0.286. The SMILES string of the molecule is Cc1ccc(C)c(N2C(=O)C(=O)/C(=C(\O)c3cccc(OCC(C)C)c3)C2c2ccc(C)o2)c1.